The fraction of sp³-hybridized carbons (Fsp3) is 0.429. The van der Waals surface area contributed by atoms with Gasteiger partial charge in [-0.1, -0.05) is 18.2 Å². The minimum Gasteiger partial charge on any atom is -0.331 e. The molecule has 1 aromatic heterocycles. The van der Waals surface area contributed by atoms with E-state index in [-0.39, 0.29) is 0 Å². The summed E-state index contributed by atoms with van der Waals surface area (Å²) in [5.74, 6) is 0.755. The number of fused-ring (bicyclic) bond motifs is 3. The van der Waals surface area contributed by atoms with E-state index in [2.05, 4.69) is 34.1 Å². The van der Waals surface area contributed by atoms with Crippen LogP contribution >= 0.6 is 0 Å². The smallest absolute Gasteiger partial charge is 0.0729 e. The third-order valence-electron chi connectivity index (χ3n) is 4.15. The highest BCUT2D eigenvalue weighted by atomic mass is 15.2. The van der Waals surface area contributed by atoms with Gasteiger partial charge in [0.25, 0.3) is 0 Å². The van der Waals surface area contributed by atoms with Crippen molar-refractivity contribution in [2.45, 2.75) is 31.8 Å². The van der Waals surface area contributed by atoms with Gasteiger partial charge in [0, 0.05) is 29.1 Å². The van der Waals surface area contributed by atoms with Crippen LogP contribution in [0.2, 0.25) is 0 Å². The van der Waals surface area contributed by atoms with Crippen molar-refractivity contribution in [3.05, 3.63) is 35.5 Å². The number of benzene rings is 1. The maximum absolute atomic E-state index is 3.54. The van der Waals surface area contributed by atoms with Gasteiger partial charge in [0.2, 0.25) is 0 Å². The number of nitrogens with one attached hydrogen (secondary N) is 1. The second-order valence-corrected chi connectivity index (χ2v) is 5.01. The van der Waals surface area contributed by atoms with Gasteiger partial charge in [0.05, 0.1) is 6.67 Å². The van der Waals surface area contributed by atoms with Gasteiger partial charge in [-0.15, -0.1) is 0 Å². The predicted octanol–water partition coefficient (Wildman–Crippen LogP) is 2.62. The number of hydrogen-bond acceptors (Lipinski definition) is 1. The normalized spacial score (nSPS) is 23.4. The van der Waals surface area contributed by atoms with Gasteiger partial charge >= 0.3 is 0 Å². The van der Waals surface area contributed by atoms with Crippen molar-refractivity contribution >= 4 is 10.9 Å². The standard InChI is InChI=1S/C14H16N2/c1-2-7-13-11(5-1)12-6-3-4-10-8-15-9-16(13)14(10)12/h1-2,5,7,10,15H,3-4,6,8-9H2. The minimum absolute atomic E-state index is 0.755. The molecule has 0 saturated carbocycles. The van der Waals surface area contributed by atoms with Crippen molar-refractivity contribution in [3.63, 3.8) is 0 Å². The maximum atomic E-state index is 3.54. The molecule has 0 fully saturated rings. The Kier molecular flexibility index (Phi) is 1.71. The van der Waals surface area contributed by atoms with Crippen molar-refractivity contribution in [1.82, 2.24) is 9.88 Å². The fourth-order valence-corrected chi connectivity index (χ4v) is 3.51. The molecule has 2 heteroatoms. The lowest BCUT2D eigenvalue weighted by molar-refractivity contribution is 0.402. The number of rotatable bonds is 0. The molecular weight excluding hydrogens is 196 g/mol. The average molecular weight is 212 g/mol. The lowest BCUT2D eigenvalue weighted by Crippen LogP contribution is -2.34. The quantitative estimate of drug-likeness (QED) is 0.710. The summed E-state index contributed by atoms with van der Waals surface area (Å²) < 4.78 is 2.50. The van der Waals surface area contributed by atoms with Crippen LogP contribution in [0.15, 0.2) is 24.3 Å². The first-order valence-electron chi connectivity index (χ1n) is 6.26. The molecule has 1 aliphatic heterocycles. The lowest BCUT2D eigenvalue weighted by Gasteiger charge is -2.30. The molecule has 82 valence electrons. The van der Waals surface area contributed by atoms with E-state index < -0.39 is 0 Å². The molecule has 0 radical (unpaired) electrons. The van der Waals surface area contributed by atoms with E-state index in [9.17, 15) is 0 Å². The van der Waals surface area contributed by atoms with E-state index in [0.29, 0.717) is 0 Å². The Morgan fingerprint density at radius 3 is 3.19 bits per heavy atom. The Balaban J connectivity index is 2.13. The first kappa shape index (κ1) is 8.82. The first-order valence-corrected chi connectivity index (χ1v) is 6.26. The molecule has 0 bridgehead atoms. The number of aromatic nitrogens is 1. The highest BCUT2D eigenvalue weighted by Crippen LogP contribution is 2.39. The predicted molar refractivity (Wildman–Crippen MR) is 65.6 cm³/mol. The molecule has 0 saturated heterocycles. The zero-order chi connectivity index (χ0) is 10.5. The summed E-state index contributed by atoms with van der Waals surface area (Å²) in [7, 11) is 0. The molecule has 2 aromatic rings. The highest BCUT2D eigenvalue weighted by molar-refractivity contribution is 5.86. The maximum Gasteiger partial charge on any atom is 0.0729 e. The Morgan fingerprint density at radius 1 is 1.25 bits per heavy atom. The summed E-state index contributed by atoms with van der Waals surface area (Å²) in [6.07, 6.45) is 3.99. The van der Waals surface area contributed by atoms with Crippen molar-refractivity contribution in [2.24, 2.45) is 0 Å². The third-order valence-corrected chi connectivity index (χ3v) is 4.15. The van der Waals surface area contributed by atoms with E-state index in [4.69, 9.17) is 0 Å². The molecule has 2 heterocycles. The average Bonchev–Trinajstić information content (AvgIpc) is 2.68. The van der Waals surface area contributed by atoms with Crippen LogP contribution in [0.25, 0.3) is 10.9 Å². The largest absolute Gasteiger partial charge is 0.331 e. The summed E-state index contributed by atoms with van der Waals surface area (Å²) >= 11 is 0. The van der Waals surface area contributed by atoms with Crippen LogP contribution in [0.3, 0.4) is 0 Å². The van der Waals surface area contributed by atoms with Crippen molar-refractivity contribution in [1.29, 1.82) is 0 Å². The van der Waals surface area contributed by atoms with Gasteiger partial charge in [0.1, 0.15) is 0 Å². The molecule has 4 rings (SSSR count). The summed E-state index contributed by atoms with van der Waals surface area (Å²) in [6.45, 7) is 2.16. The molecule has 1 atom stereocenters. The van der Waals surface area contributed by atoms with Crippen molar-refractivity contribution in [2.75, 3.05) is 6.54 Å². The third kappa shape index (κ3) is 1.00. The Bertz CT molecular complexity index is 506. The van der Waals surface area contributed by atoms with Crippen LogP contribution in [-0.4, -0.2) is 11.1 Å². The highest BCUT2D eigenvalue weighted by Gasteiger charge is 2.29. The van der Waals surface area contributed by atoms with Gasteiger partial charge in [-0.25, -0.2) is 0 Å². The van der Waals surface area contributed by atoms with E-state index in [1.807, 2.05) is 0 Å². The van der Waals surface area contributed by atoms with Crippen LogP contribution in [0.4, 0.5) is 0 Å². The van der Waals surface area contributed by atoms with E-state index in [1.165, 1.54) is 36.7 Å². The van der Waals surface area contributed by atoms with Gasteiger partial charge in [-0.2, -0.15) is 0 Å². The SMILES string of the molecule is c1ccc2c(c1)c1c3n2CNCC3CCC1. The zero-order valence-corrected chi connectivity index (χ0v) is 9.37. The Hall–Kier alpha value is -1.28. The molecular formula is C14H16N2. The van der Waals surface area contributed by atoms with Crippen LogP contribution in [-0.2, 0) is 13.1 Å². The molecule has 0 amide bonds. The first-order chi connectivity index (χ1) is 7.95. The molecule has 2 nitrogen and oxygen atoms in total. The van der Waals surface area contributed by atoms with Crippen molar-refractivity contribution < 1.29 is 0 Å². The molecule has 1 N–H and O–H groups in total. The van der Waals surface area contributed by atoms with Gasteiger partial charge in [0.15, 0.2) is 0 Å². The second-order valence-electron chi connectivity index (χ2n) is 5.01. The van der Waals surface area contributed by atoms with Crippen LogP contribution in [0, 0.1) is 0 Å². The summed E-state index contributed by atoms with van der Waals surface area (Å²) in [4.78, 5) is 0. The van der Waals surface area contributed by atoms with Crippen LogP contribution < -0.4 is 5.32 Å². The molecule has 0 spiro atoms. The molecule has 1 aromatic carbocycles. The van der Waals surface area contributed by atoms with Gasteiger partial charge in [-0.3, -0.25) is 5.32 Å². The minimum atomic E-state index is 0.755. The van der Waals surface area contributed by atoms with Crippen LogP contribution in [0.5, 0.6) is 0 Å². The number of nitrogens with zero attached hydrogens (tertiary/aromatic N) is 1. The fourth-order valence-electron chi connectivity index (χ4n) is 3.51. The number of hydrogen-bond donors (Lipinski definition) is 1. The summed E-state index contributed by atoms with van der Waals surface area (Å²) in [6, 6.07) is 8.87. The summed E-state index contributed by atoms with van der Waals surface area (Å²) in [5, 5.41) is 5.04. The van der Waals surface area contributed by atoms with Crippen molar-refractivity contribution in [3.8, 4) is 0 Å². The van der Waals surface area contributed by atoms with Gasteiger partial charge < -0.3 is 4.57 Å². The summed E-state index contributed by atoms with van der Waals surface area (Å²) in [5.41, 5.74) is 4.69. The molecule has 2 aliphatic rings. The van der Waals surface area contributed by atoms with E-state index in [1.54, 1.807) is 11.3 Å². The zero-order valence-electron chi connectivity index (χ0n) is 9.37. The van der Waals surface area contributed by atoms with Gasteiger partial charge in [-0.05, 0) is 30.9 Å². The monoisotopic (exact) mass is 212 g/mol. The topological polar surface area (TPSA) is 17.0 Å². The molecule has 1 aliphatic carbocycles. The second kappa shape index (κ2) is 3.11. The number of para-hydroxylation sites is 1. The molecule has 16 heavy (non-hydrogen) atoms. The Labute approximate surface area is 95.3 Å². The Morgan fingerprint density at radius 2 is 2.19 bits per heavy atom. The van der Waals surface area contributed by atoms with E-state index in [0.717, 1.165) is 12.6 Å². The lowest BCUT2D eigenvalue weighted by atomic mass is 9.86. The molecule has 1 unspecified atom stereocenters. The van der Waals surface area contributed by atoms with E-state index >= 15 is 0 Å². The number of aryl methyl sites for hydroxylation is 1. The van der Waals surface area contributed by atoms with Crippen LogP contribution in [0.1, 0.15) is 30.0 Å².